The Morgan fingerprint density at radius 1 is 0.900 bits per heavy atom. The first-order chi connectivity index (χ1) is 9.49. The summed E-state index contributed by atoms with van der Waals surface area (Å²) < 4.78 is 0. The molecule has 2 nitrogen and oxygen atoms in total. The SMILES string of the molecule is CCC(C)(O)C(C)(Nc1ccccc1)c1ccccc1. The molecule has 0 fully saturated rings. The second kappa shape index (κ2) is 5.68. The lowest BCUT2D eigenvalue weighted by Crippen LogP contribution is -2.52. The number of nitrogens with one attached hydrogen (secondary N) is 1. The third-order valence-corrected chi connectivity index (χ3v) is 4.28. The standard InChI is InChI=1S/C18H23NO/c1-4-17(2,20)18(3,15-11-7-5-8-12-15)19-16-13-9-6-10-14-16/h5-14,19-20H,4H2,1-3H3. The van der Waals surface area contributed by atoms with Gasteiger partial charge >= 0.3 is 0 Å². The average molecular weight is 269 g/mol. The van der Waals surface area contributed by atoms with E-state index in [1.807, 2.05) is 62.4 Å². The molecule has 0 saturated heterocycles. The van der Waals surface area contributed by atoms with Crippen LogP contribution in [0, 0.1) is 0 Å². The fourth-order valence-electron chi connectivity index (χ4n) is 2.45. The molecule has 0 bridgehead atoms. The molecular formula is C18H23NO. The van der Waals surface area contributed by atoms with Crippen LogP contribution < -0.4 is 5.32 Å². The highest BCUT2D eigenvalue weighted by molar-refractivity contribution is 5.49. The summed E-state index contributed by atoms with van der Waals surface area (Å²) in [7, 11) is 0. The van der Waals surface area contributed by atoms with Gasteiger partial charge in [-0.1, -0.05) is 55.5 Å². The molecule has 0 aliphatic carbocycles. The van der Waals surface area contributed by atoms with E-state index in [1.165, 1.54) is 0 Å². The molecule has 106 valence electrons. The highest BCUT2D eigenvalue weighted by Crippen LogP contribution is 2.38. The number of aliphatic hydroxyl groups is 1. The lowest BCUT2D eigenvalue weighted by molar-refractivity contribution is -0.00768. The van der Waals surface area contributed by atoms with E-state index in [1.54, 1.807) is 0 Å². The molecular weight excluding hydrogens is 246 g/mol. The average Bonchev–Trinajstić information content (AvgIpc) is 2.49. The third kappa shape index (κ3) is 2.70. The van der Waals surface area contributed by atoms with E-state index < -0.39 is 11.1 Å². The van der Waals surface area contributed by atoms with Gasteiger partial charge in [0.15, 0.2) is 0 Å². The molecule has 2 atom stereocenters. The zero-order valence-corrected chi connectivity index (χ0v) is 12.4. The Kier molecular flexibility index (Phi) is 4.15. The number of hydrogen-bond acceptors (Lipinski definition) is 2. The smallest absolute Gasteiger partial charge is 0.0884 e. The van der Waals surface area contributed by atoms with Gasteiger partial charge in [0.1, 0.15) is 0 Å². The summed E-state index contributed by atoms with van der Waals surface area (Å²) in [5.41, 5.74) is 0.678. The number of para-hydroxylation sites is 1. The van der Waals surface area contributed by atoms with E-state index in [2.05, 4.69) is 24.4 Å². The molecule has 0 saturated carbocycles. The minimum atomic E-state index is -0.857. The fraction of sp³-hybridized carbons (Fsp3) is 0.333. The highest BCUT2D eigenvalue weighted by Gasteiger charge is 2.43. The van der Waals surface area contributed by atoms with Crippen LogP contribution in [0.3, 0.4) is 0 Å². The van der Waals surface area contributed by atoms with Crippen molar-refractivity contribution in [2.75, 3.05) is 5.32 Å². The summed E-state index contributed by atoms with van der Waals surface area (Å²) in [5.74, 6) is 0. The van der Waals surface area contributed by atoms with Gasteiger partial charge in [-0.3, -0.25) is 0 Å². The van der Waals surface area contributed by atoms with Crippen LogP contribution in [0.2, 0.25) is 0 Å². The molecule has 0 aromatic heterocycles. The molecule has 20 heavy (non-hydrogen) atoms. The van der Waals surface area contributed by atoms with E-state index in [4.69, 9.17) is 0 Å². The first kappa shape index (κ1) is 14.6. The van der Waals surface area contributed by atoms with Crippen molar-refractivity contribution in [3.63, 3.8) is 0 Å². The van der Waals surface area contributed by atoms with E-state index >= 15 is 0 Å². The Morgan fingerprint density at radius 2 is 1.40 bits per heavy atom. The van der Waals surface area contributed by atoms with Crippen molar-refractivity contribution in [3.8, 4) is 0 Å². The summed E-state index contributed by atoms with van der Waals surface area (Å²) in [5, 5.41) is 14.4. The predicted molar refractivity (Wildman–Crippen MR) is 84.8 cm³/mol. The molecule has 0 heterocycles. The number of anilines is 1. The molecule has 2 rings (SSSR count). The lowest BCUT2D eigenvalue weighted by Gasteiger charge is -2.44. The second-order valence-corrected chi connectivity index (χ2v) is 5.61. The summed E-state index contributed by atoms with van der Waals surface area (Å²) in [6, 6.07) is 20.1. The minimum Gasteiger partial charge on any atom is -0.387 e. The Balaban J connectivity index is 2.45. The van der Waals surface area contributed by atoms with Crippen molar-refractivity contribution < 1.29 is 5.11 Å². The van der Waals surface area contributed by atoms with E-state index in [-0.39, 0.29) is 0 Å². The van der Waals surface area contributed by atoms with E-state index in [0.29, 0.717) is 6.42 Å². The van der Waals surface area contributed by atoms with Gasteiger partial charge in [0, 0.05) is 5.69 Å². The number of rotatable bonds is 5. The summed E-state index contributed by atoms with van der Waals surface area (Å²) in [4.78, 5) is 0. The second-order valence-electron chi connectivity index (χ2n) is 5.61. The fourth-order valence-corrected chi connectivity index (χ4v) is 2.45. The maximum Gasteiger partial charge on any atom is 0.0884 e. The first-order valence-corrected chi connectivity index (χ1v) is 7.11. The van der Waals surface area contributed by atoms with Crippen molar-refractivity contribution >= 4 is 5.69 Å². The van der Waals surface area contributed by atoms with Gasteiger partial charge < -0.3 is 10.4 Å². The van der Waals surface area contributed by atoms with Gasteiger partial charge in [0.2, 0.25) is 0 Å². The highest BCUT2D eigenvalue weighted by atomic mass is 16.3. The maximum absolute atomic E-state index is 10.9. The molecule has 2 aromatic rings. The zero-order valence-electron chi connectivity index (χ0n) is 12.4. The molecule has 0 aliphatic heterocycles. The molecule has 0 radical (unpaired) electrons. The van der Waals surface area contributed by atoms with Crippen LogP contribution >= 0.6 is 0 Å². The lowest BCUT2D eigenvalue weighted by atomic mass is 9.75. The van der Waals surface area contributed by atoms with Gasteiger partial charge in [-0.15, -0.1) is 0 Å². The Labute approximate surface area is 121 Å². The van der Waals surface area contributed by atoms with E-state index in [0.717, 1.165) is 11.3 Å². The van der Waals surface area contributed by atoms with Gasteiger partial charge in [-0.25, -0.2) is 0 Å². The molecule has 2 N–H and O–H groups in total. The van der Waals surface area contributed by atoms with E-state index in [9.17, 15) is 5.11 Å². The van der Waals surface area contributed by atoms with Gasteiger partial charge in [-0.05, 0) is 38.0 Å². The molecule has 2 unspecified atom stereocenters. The Morgan fingerprint density at radius 3 is 1.90 bits per heavy atom. The zero-order chi connectivity index (χ0) is 14.6. The number of hydrogen-bond donors (Lipinski definition) is 2. The van der Waals surface area contributed by atoms with Crippen LogP contribution in [0.1, 0.15) is 32.8 Å². The normalized spacial score (nSPS) is 17.0. The molecule has 2 aromatic carbocycles. The van der Waals surface area contributed by atoms with Crippen molar-refractivity contribution in [3.05, 3.63) is 66.2 Å². The monoisotopic (exact) mass is 269 g/mol. The van der Waals surface area contributed by atoms with Crippen molar-refractivity contribution in [2.45, 2.75) is 38.3 Å². The Bertz CT molecular complexity index is 536. The van der Waals surface area contributed by atoms with Crippen molar-refractivity contribution in [1.82, 2.24) is 0 Å². The van der Waals surface area contributed by atoms with Crippen LogP contribution in [0.4, 0.5) is 5.69 Å². The van der Waals surface area contributed by atoms with Crippen LogP contribution in [-0.2, 0) is 5.54 Å². The topological polar surface area (TPSA) is 32.3 Å². The van der Waals surface area contributed by atoms with Gasteiger partial charge in [0.05, 0.1) is 11.1 Å². The van der Waals surface area contributed by atoms with Gasteiger partial charge in [0.25, 0.3) is 0 Å². The van der Waals surface area contributed by atoms with Crippen molar-refractivity contribution in [1.29, 1.82) is 0 Å². The maximum atomic E-state index is 10.9. The largest absolute Gasteiger partial charge is 0.387 e. The van der Waals surface area contributed by atoms with Crippen LogP contribution in [0.25, 0.3) is 0 Å². The van der Waals surface area contributed by atoms with Crippen LogP contribution in [-0.4, -0.2) is 10.7 Å². The third-order valence-electron chi connectivity index (χ3n) is 4.28. The van der Waals surface area contributed by atoms with Gasteiger partial charge in [-0.2, -0.15) is 0 Å². The van der Waals surface area contributed by atoms with Crippen LogP contribution in [0.15, 0.2) is 60.7 Å². The molecule has 0 spiro atoms. The molecule has 2 heteroatoms. The summed E-state index contributed by atoms with van der Waals surface area (Å²) in [6.07, 6.45) is 0.665. The molecule has 0 amide bonds. The number of benzene rings is 2. The summed E-state index contributed by atoms with van der Waals surface area (Å²) >= 11 is 0. The van der Waals surface area contributed by atoms with Crippen LogP contribution in [0.5, 0.6) is 0 Å². The first-order valence-electron chi connectivity index (χ1n) is 7.11. The predicted octanol–water partition coefficient (Wildman–Crippen LogP) is 4.17. The quantitative estimate of drug-likeness (QED) is 0.853. The van der Waals surface area contributed by atoms with Crippen molar-refractivity contribution in [2.24, 2.45) is 0 Å². The molecule has 0 aliphatic rings. The minimum absolute atomic E-state index is 0.551. The summed E-state index contributed by atoms with van der Waals surface area (Å²) in [6.45, 7) is 5.95. The Hall–Kier alpha value is -1.80.